The second-order valence-corrected chi connectivity index (χ2v) is 6.28. The summed E-state index contributed by atoms with van der Waals surface area (Å²) in [5, 5.41) is 6.79. The maximum Gasteiger partial charge on any atom is 0.256 e. The van der Waals surface area contributed by atoms with E-state index < -0.39 is 0 Å². The molecule has 0 unspecified atom stereocenters. The average molecular weight is 316 g/mol. The van der Waals surface area contributed by atoms with Crippen molar-refractivity contribution in [2.45, 2.75) is 13.5 Å². The topological polar surface area (TPSA) is 41.6 Å². The van der Waals surface area contributed by atoms with Gasteiger partial charge >= 0.3 is 0 Å². The molecule has 1 N–H and O–H groups in total. The summed E-state index contributed by atoms with van der Waals surface area (Å²) >= 11 is 1.53. The average Bonchev–Trinajstić information content (AvgIpc) is 3.06. The molecule has 0 atom stereocenters. The number of thiophene rings is 1. The zero-order chi connectivity index (χ0) is 15.4. The molecule has 1 amide bonds. The molecule has 2 heterocycles. The number of anilines is 1. The monoisotopic (exact) mass is 316 g/mol. The van der Waals surface area contributed by atoms with E-state index in [0.717, 1.165) is 44.1 Å². The predicted molar refractivity (Wildman–Crippen MR) is 89.5 cm³/mol. The van der Waals surface area contributed by atoms with Crippen molar-refractivity contribution in [3.05, 3.63) is 51.7 Å². The summed E-state index contributed by atoms with van der Waals surface area (Å²) < 4.78 is 5.38. The van der Waals surface area contributed by atoms with Crippen LogP contribution in [0.5, 0.6) is 0 Å². The SMILES string of the molecule is Cc1ccc(CN2CCOCC2)cc1NC(=O)c1ccsc1. The number of carbonyl (C=O) groups is 1. The summed E-state index contributed by atoms with van der Waals surface area (Å²) in [4.78, 5) is 14.6. The third-order valence-corrected chi connectivity index (χ3v) is 4.53. The quantitative estimate of drug-likeness (QED) is 0.942. The lowest BCUT2D eigenvalue weighted by atomic mass is 10.1. The minimum Gasteiger partial charge on any atom is -0.379 e. The fraction of sp³-hybridized carbons (Fsp3) is 0.353. The van der Waals surface area contributed by atoms with Crippen molar-refractivity contribution in [1.29, 1.82) is 0 Å². The Morgan fingerprint density at radius 2 is 2.14 bits per heavy atom. The van der Waals surface area contributed by atoms with E-state index in [-0.39, 0.29) is 5.91 Å². The van der Waals surface area contributed by atoms with Crippen molar-refractivity contribution >= 4 is 22.9 Å². The summed E-state index contributed by atoms with van der Waals surface area (Å²) in [6.07, 6.45) is 0. The summed E-state index contributed by atoms with van der Waals surface area (Å²) in [6.45, 7) is 6.43. The van der Waals surface area contributed by atoms with E-state index in [1.165, 1.54) is 16.9 Å². The Bertz CT molecular complexity index is 634. The Labute approximate surface area is 134 Å². The molecule has 0 aliphatic carbocycles. The summed E-state index contributed by atoms with van der Waals surface area (Å²) in [5.74, 6) is -0.0483. The van der Waals surface area contributed by atoms with E-state index in [4.69, 9.17) is 4.74 Å². The molecule has 5 heteroatoms. The third kappa shape index (κ3) is 3.74. The largest absolute Gasteiger partial charge is 0.379 e. The van der Waals surface area contributed by atoms with Gasteiger partial charge in [-0.3, -0.25) is 9.69 Å². The van der Waals surface area contributed by atoms with Gasteiger partial charge in [0.05, 0.1) is 18.8 Å². The molecule has 1 aromatic heterocycles. The number of amides is 1. The van der Waals surface area contributed by atoms with Crippen molar-refractivity contribution < 1.29 is 9.53 Å². The lowest BCUT2D eigenvalue weighted by molar-refractivity contribution is 0.0342. The highest BCUT2D eigenvalue weighted by Crippen LogP contribution is 2.20. The van der Waals surface area contributed by atoms with Gasteiger partial charge in [-0.15, -0.1) is 0 Å². The van der Waals surface area contributed by atoms with Gasteiger partial charge in [0.15, 0.2) is 0 Å². The van der Waals surface area contributed by atoms with Crippen LogP contribution in [-0.4, -0.2) is 37.1 Å². The van der Waals surface area contributed by atoms with E-state index in [1.807, 2.05) is 23.8 Å². The van der Waals surface area contributed by atoms with Gasteiger partial charge in [-0.1, -0.05) is 12.1 Å². The molecule has 1 aliphatic rings. The van der Waals surface area contributed by atoms with Crippen LogP contribution in [0.3, 0.4) is 0 Å². The van der Waals surface area contributed by atoms with Crippen LogP contribution < -0.4 is 5.32 Å². The molecule has 0 saturated carbocycles. The molecule has 22 heavy (non-hydrogen) atoms. The van der Waals surface area contributed by atoms with Crippen LogP contribution in [0.15, 0.2) is 35.0 Å². The molecule has 1 aromatic carbocycles. The van der Waals surface area contributed by atoms with Crippen molar-refractivity contribution in [2.24, 2.45) is 0 Å². The van der Waals surface area contributed by atoms with Crippen LogP contribution in [0.4, 0.5) is 5.69 Å². The van der Waals surface area contributed by atoms with Gasteiger partial charge in [0.1, 0.15) is 0 Å². The zero-order valence-electron chi connectivity index (χ0n) is 12.7. The molecule has 1 saturated heterocycles. The third-order valence-electron chi connectivity index (χ3n) is 3.84. The van der Waals surface area contributed by atoms with Crippen molar-refractivity contribution in [2.75, 3.05) is 31.6 Å². The first-order valence-electron chi connectivity index (χ1n) is 7.45. The van der Waals surface area contributed by atoms with Crippen LogP contribution in [0.25, 0.3) is 0 Å². The smallest absolute Gasteiger partial charge is 0.256 e. The minimum atomic E-state index is -0.0483. The summed E-state index contributed by atoms with van der Waals surface area (Å²) in [5.41, 5.74) is 3.90. The van der Waals surface area contributed by atoms with Gasteiger partial charge in [-0.25, -0.2) is 0 Å². The molecule has 116 valence electrons. The van der Waals surface area contributed by atoms with Crippen LogP contribution in [-0.2, 0) is 11.3 Å². The summed E-state index contributed by atoms with van der Waals surface area (Å²) in [6, 6.07) is 8.12. The van der Waals surface area contributed by atoms with Gasteiger partial charge in [0.2, 0.25) is 0 Å². The highest BCUT2D eigenvalue weighted by molar-refractivity contribution is 7.08. The minimum absolute atomic E-state index is 0.0483. The van der Waals surface area contributed by atoms with Crippen molar-refractivity contribution in [3.8, 4) is 0 Å². The Morgan fingerprint density at radius 3 is 2.86 bits per heavy atom. The van der Waals surface area contributed by atoms with Gasteiger partial charge in [0.25, 0.3) is 5.91 Å². The first kappa shape index (κ1) is 15.2. The normalized spacial score (nSPS) is 15.7. The first-order valence-corrected chi connectivity index (χ1v) is 8.40. The fourth-order valence-corrected chi connectivity index (χ4v) is 3.14. The predicted octanol–water partition coefficient (Wildman–Crippen LogP) is 3.14. The second-order valence-electron chi connectivity index (χ2n) is 5.50. The molecule has 0 radical (unpaired) electrons. The van der Waals surface area contributed by atoms with Crippen LogP contribution in [0.1, 0.15) is 21.5 Å². The van der Waals surface area contributed by atoms with Gasteiger partial charge in [0, 0.05) is 30.7 Å². The highest BCUT2D eigenvalue weighted by atomic mass is 32.1. The van der Waals surface area contributed by atoms with Crippen LogP contribution in [0.2, 0.25) is 0 Å². The van der Waals surface area contributed by atoms with E-state index in [9.17, 15) is 4.79 Å². The Balaban J connectivity index is 1.70. The molecule has 0 spiro atoms. The number of benzene rings is 1. The standard InChI is InChI=1S/C17H20N2O2S/c1-13-2-3-14(11-19-5-7-21-8-6-19)10-16(13)18-17(20)15-4-9-22-12-15/h2-4,9-10,12H,5-8,11H2,1H3,(H,18,20). The number of aryl methyl sites for hydroxylation is 1. The van der Waals surface area contributed by atoms with Gasteiger partial charge < -0.3 is 10.1 Å². The lowest BCUT2D eigenvalue weighted by Gasteiger charge is -2.26. The van der Waals surface area contributed by atoms with Crippen LogP contribution in [0, 0.1) is 6.92 Å². The molecule has 2 aromatic rings. The van der Waals surface area contributed by atoms with E-state index in [2.05, 4.69) is 28.4 Å². The molecule has 1 fully saturated rings. The van der Waals surface area contributed by atoms with Gasteiger partial charge in [-0.2, -0.15) is 11.3 Å². The number of rotatable bonds is 4. The Kier molecular flexibility index (Phi) is 4.87. The molecule has 0 bridgehead atoms. The maximum atomic E-state index is 12.2. The maximum absolute atomic E-state index is 12.2. The molecular formula is C17H20N2O2S. The number of ether oxygens (including phenoxy) is 1. The highest BCUT2D eigenvalue weighted by Gasteiger charge is 2.12. The molecule has 4 nitrogen and oxygen atoms in total. The molecule has 3 rings (SSSR count). The number of carbonyl (C=O) groups excluding carboxylic acids is 1. The van der Waals surface area contributed by atoms with E-state index in [0.29, 0.717) is 5.56 Å². The zero-order valence-corrected chi connectivity index (χ0v) is 13.5. The van der Waals surface area contributed by atoms with Crippen molar-refractivity contribution in [3.63, 3.8) is 0 Å². The number of nitrogens with zero attached hydrogens (tertiary/aromatic N) is 1. The molecule has 1 aliphatic heterocycles. The fourth-order valence-electron chi connectivity index (χ4n) is 2.51. The number of hydrogen-bond acceptors (Lipinski definition) is 4. The van der Waals surface area contributed by atoms with E-state index in [1.54, 1.807) is 0 Å². The number of nitrogens with one attached hydrogen (secondary N) is 1. The Morgan fingerprint density at radius 1 is 1.32 bits per heavy atom. The van der Waals surface area contributed by atoms with E-state index >= 15 is 0 Å². The Hall–Kier alpha value is -1.69. The summed E-state index contributed by atoms with van der Waals surface area (Å²) in [7, 11) is 0. The number of hydrogen-bond donors (Lipinski definition) is 1. The molecular weight excluding hydrogens is 296 g/mol. The second kappa shape index (κ2) is 7.05. The van der Waals surface area contributed by atoms with Gasteiger partial charge in [-0.05, 0) is 35.6 Å². The van der Waals surface area contributed by atoms with Crippen LogP contribution >= 0.6 is 11.3 Å². The van der Waals surface area contributed by atoms with Crippen molar-refractivity contribution in [1.82, 2.24) is 4.90 Å². The lowest BCUT2D eigenvalue weighted by Crippen LogP contribution is -2.35. The first-order chi connectivity index (χ1) is 10.7. The number of morpholine rings is 1.